The molecule has 3 amide bonds. The molecular formula is C40H74N6O6. The van der Waals surface area contributed by atoms with E-state index in [1.165, 1.54) is 0 Å². The molecule has 0 aromatic carbocycles. The number of ether oxygens (including phenoxy) is 3. The summed E-state index contributed by atoms with van der Waals surface area (Å²) in [6.07, 6.45) is 2.99. The number of hydrogen-bond acceptors (Lipinski definition) is 9. The molecule has 0 N–H and O–H groups in total. The zero-order valence-corrected chi connectivity index (χ0v) is 35.4. The molecule has 0 radical (unpaired) electrons. The van der Waals surface area contributed by atoms with E-state index in [0.717, 1.165) is 58.5 Å². The van der Waals surface area contributed by atoms with Gasteiger partial charge in [-0.1, -0.05) is 13.8 Å². The van der Waals surface area contributed by atoms with Crippen LogP contribution in [0.25, 0.3) is 0 Å². The topological polar surface area (TPSA) is 98.3 Å². The van der Waals surface area contributed by atoms with E-state index < -0.39 is 11.2 Å². The molecule has 8 aliphatic rings. The third kappa shape index (κ3) is 10.7. The summed E-state index contributed by atoms with van der Waals surface area (Å²) in [7, 11) is 0. The SMILES string of the molecule is CC(C)(C)OC(=O)N1CC2CC1CN2C(C)(C)C.CC(C)COC(=O)N1C2CC1CN(C(C)C)C2.CC(C)N1CC2CC(C1)N2C(=O)OC(C)(C)C. The molecule has 0 aromatic heterocycles. The van der Waals surface area contributed by atoms with Crippen LogP contribution < -0.4 is 0 Å². The highest BCUT2D eigenvalue weighted by Gasteiger charge is 2.51. The van der Waals surface area contributed by atoms with E-state index >= 15 is 0 Å². The van der Waals surface area contributed by atoms with Gasteiger partial charge >= 0.3 is 18.3 Å². The fraction of sp³-hybridized carbons (Fsp3) is 0.925. The third-order valence-corrected chi connectivity index (χ3v) is 11.0. The molecule has 0 aliphatic carbocycles. The van der Waals surface area contributed by atoms with Gasteiger partial charge in [0, 0.05) is 69.0 Å². The Morgan fingerprint density at radius 2 is 0.942 bits per heavy atom. The first-order chi connectivity index (χ1) is 23.8. The summed E-state index contributed by atoms with van der Waals surface area (Å²) in [5, 5.41) is 0. The predicted molar refractivity (Wildman–Crippen MR) is 205 cm³/mol. The molecule has 0 aromatic rings. The van der Waals surface area contributed by atoms with Crippen LogP contribution in [0.15, 0.2) is 0 Å². The number of amides is 3. The van der Waals surface area contributed by atoms with Crippen molar-refractivity contribution in [3.05, 3.63) is 0 Å². The van der Waals surface area contributed by atoms with Crippen LogP contribution in [0, 0.1) is 5.92 Å². The summed E-state index contributed by atoms with van der Waals surface area (Å²) in [5.41, 5.74) is -0.596. The average Bonchev–Trinajstić information content (AvgIpc) is 3.61. The second kappa shape index (κ2) is 16.2. The Morgan fingerprint density at radius 3 is 1.29 bits per heavy atom. The Kier molecular flexibility index (Phi) is 13.2. The maximum absolute atomic E-state index is 12.1. The van der Waals surface area contributed by atoms with Gasteiger partial charge in [-0.2, -0.15) is 0 Å². The van der Waals surface area contributed by atoms with Gasteiger partial charge in [0.15, 0.2) is 0 Å². The second-order valence-electron chi connectivity index (χ2n) is 19.9. The van der Waals surface area contributed by atoms with Crippen molar-refractivity contribution >= 4 is 18.3 Å². The predicted octanol–water partition coefficient (Wildman–Crippen LogP) is 6.51. The molecule has 8 aliphatic heterocycles. The number of nitrogens with zero attached hydrogens (tertiary/aromatic N) is 6. The molecule has 6 unspecified atom stereocenters. The first-order valence-electron chi connectivity index (χ1n) is 20.1. The minimum absolute atomic E-state index is 0.108. The number of hydrogen-bond donors (Lipinski definition) is 0. The van der Waals surface area contributed by atoms with Crippen molar-refractivity contribution in [3.63, 3.8) is 0 Å². The Morgan fingerprint density at radius 1 is 0.538 bits per heavy atom. The number of rotatable bonds is 4. The molecule has 6 bridgehead atoms. The summed E-state index contributed by atoms with van der Waals surface area (Å²) in [4.78, 5) is 49.2. The summed E-state index contributed by atoms with van der Waals surface area (Å²) in [6.45, 7) is 37.5. The zero-order chi connectivity index (χ0) is 39.1. The molecule has 8 saturated heterocycles. The number of carbonyl (C=O) groups is 3. The standard InChI is InChI=1S/C14H26N2O2.2C13H24N2O2/c1-13(2,3)16-9-10-7-11(16)8-15(10)12(17)18-14(4,5)6;1-9(2)14-7-10-6-11(8-14)15(10)12(16)17-13(3,4)5;1-9(2)8-17-13(16)15-11-5-12(15)7-14(6-11)10(3)4/h10-11H,7-9H2,1-6H3;9-11H,6-8H2,1-5H3;9-12H,5-8H2,1-4H3. The molecule has 8 fully saturated rings. The van der Waals surface area contributed by atoms with Crippen molar-refractivity contribution in [2.75, 3.05) is 45.9 Å². The lowest BCUT2D eigenvalue weighted by molar-refractivity contribution is -0.0827. The van der Waals surface area contributed by atoms with Crippen molar-refractivity contribution < 1.29 is 28.6 Å². The third-order valence-electron chi connectivity index (χ3n) is 11.0. The Balaban J connectivity index is 0.000000175. The van der Waals surface area contributed by atoms with E-state index in [9.17, 15) is 14.4 Å². The van der Waals surface area contributed by atoms with Gasteiger partial charge in [0.1, 0.15) is 11.2 Å². The Bertz CT molecular complexity index is 1210. The molecule has 52 heavy (non-hydrogen) atoms. The highest BCUT2D eigenvalue weighted by atomic mass is 16.6. The second-order valence-corrected chi connectivity index (χ2v) is 19.9. The summed E-state index contributed by atoms with van der Waals surface area (Å²) in [6, 6.07) is 3.49. The van der Waals surface area contributed by atoms with Gasteiger partial charge in [-0.25, -0.2) is 14.4 Å². The van der Waals surface area contributed by atoms with Gasteiger partial charge in [-0.15, -0.1) is 0 Å². The van der Waals surface area contributed by atoms with Gasteiger partial charge in [0.25, 0.3) is 0 Å². The number of piperazine rings is 3. The number of carbonyl (C=O) groups excluding carboxylic acids is 3. The lowest BCUT2D eigenvalue weighted by Crippen LogP contribution is -2.71. The minimum atomic E-state index is -0.400. The van der Waals surface area contributed by atoms with E-state index in [0.29, 0.717) is 60.9 Å². The summed E-state index contributed by atoms with van der Waals surface area (Å²) < 4.78 is 16.2. The summed E-state index contributed by atoms with van der Waals surface area (Å²) >= 11 is 0. The van der Waals surface area contributed by atoms with E-state index in [-0.39, 0.29) is 23.8 Å². The number of fused-ring (bicyclic) bond motifs is 6. The highest BCUT2D eigenvalue weighted by Crippen LogP contribution is 2.37. The first kappa shape index (κ1) is 42.4. The fourth-order valence-corrected chi connectivity index (χ4v) is 8.38. The van der Waals surface area contributed by atoms with Crippen molar-refractivity contribution in [3.8, 4) is 0 Å². The van der Waals surface area contributed by atoms with Gasteiger partial charge in [-0.3, -0.25) is 24.5 Å². The monoisotopic (exact) mass is 735 g/mol. The summed E-state index contributed by atoms with van der Waals surface area (Å²) in [5.74, 6) is 0.409. The van der Waals surface area contributed by atoms with E-state index in [1.807, 2.05) is 56.2 Å². The van der Waals surface area contributed by atoms with Crippen LogP contribution in [0.2, 0.25) is 0 Å². The van der Waals surface area contributed by atoms with E-state index in [4.69, 9.17) is 14.2 Å². The Hall–Kier alpha value is -2.31. The highest BCUT2D eigenvalue weighted by molar-refractivity contribution is 5.71. The molecule has 12 nitrogen and oxygen atoms in total. The van der Waals surface area contributed by atoms with Gasteiger partial charge < -0.3 is 19.1 Å². The lowest BCUT2D eigenvalue weighted by atomic mass is 9.87. The first-order valence-corrected chi connectivity index (χ1v) is 20.1. The van der Waals surface area contributed by atoms with Crippen LogP contribution in [-0.2, 0) is 14.2 Å². The Labute approximate surface area is 315 Å². The molecule has 8 rings (SSSR count). The molecule has 8 heterocycles. The van der Waals surface area contributed by atoms with Gasteiger partial charge in [0.05, 0.1) is 30.8 Å². The normalized spacial score (nSPS) is 28.8. The maximum Gasteiger partial charge on any atom is 0.410 e. The molecule has 12 heteroatoms. The lowest BCUT2D eigenvalue weighted by Gasteiger charge is -2.56. The van der Waals surface area contributed by atoms with Gasteiger partial charge in [-0.05, 0) is 115 Å². The number of piperidine rings is 2. The smallest absolute Gasteiger partial charge is 0.410 e. The zero-order valence-electron chi connectivity index (χ0n) is 35.4. The van der Waals surface area contributed by atoms with Crippen molar-refractivity contribution in [1.29, 1.82) is 0 Å². The molecule has 6 atom stereocenters. The molecular weight excluding hydrogens is 660 g/mol. The van der Waals surface area contributed by atoms with Crippen molar-refractivity contribution in [2.45, 2.75) is 188 Å². The number of likely N-dealkylation sites (tertiary alicyclic amines) is 2. The van der Waals surface area contributed by atoms with E-state index in [1.54, 1.807) is 0 Å². The molecule has 0 spiro atoms. The van der Waals surface area contributed by atoms with Crippen LogP contribution in [0.1, 0.15) is 123 Å². The van der Waals surface area contributed by atoms with E-state index in [2.05, 4.69) is 77.0 Å². The van der Waals surface area contributed by atoms with Crippen LogP contribution >= 0.6 is 0 Å². The van der Waals surface area contributed by atoms with Gasteiger partial charge in [0.2, 0.25) is 0 Å². The van der Waals surface area contributed by atoms with Crippen molar-refractivity contribution in [1.82, 2.24) is 29.4 Å². The molecule has 300 valence electrons. The van der Waals surface area contributed by atoms with Crippen LogP contribution in [0.5, 0.6) is 0 Å². The average molecular weight is 735 g/mol. The maximum atomic E-state index is 12.1. The fourth-order valence-electron chi connectivity index (χ4n) is 8.38. The van der Waals surface area contributed by atoms with Crippen LogP contribution in [0.3, 0.4) is 0 Å². The quantitative estimate of drug-likeness (QED) is 0.300. The van der Waals surface area contributed by atoms with Crippen molar-refractivity contribution in [2.24, 2.45) is 5.92 Å². The van der Waals surface area contributed by atoms with Crippen LogP contribution in [0.4, 0.5) is 14.4 Å². The largest absolute Gasteiger partial charge is 0.449 e. The molecule has 0 saturated carbocycles. The van der Waals surface area contributed by atoms with Crippen LogP contribution in [-0.4, -0.2) is 159 Å². The minimum Gasteiger partial charge on any atom is -0.449 e.